The van der Waals surface area contributed by atoms with Gasteiger partial charge < -0.3 is 14.8 Å². The molecule has 0 saturated carbocycles. The third kappa shape index (κ3) is 3.23. The highest BCUT2D eigenvalue weighted by Gasteiger charge is 2.21. The number of hydrogen-bond donors (Lipinski definition) is 1. The summed E-state index contributed by atoms with van der Waals surface area (Å²) < 4.78 is 2.11. The maximum absolute atomic E-state index is 9.24. The van der Waals surface area contributed by atoms with Crippen molar-refractivity contribution in [1.82, 2.24) is 19.7 Å². The largest absolute Gasteiger partial charge is 0.363 e. The summed E-state index contributed by atoms with van der Waals surface area (Å²) in [4.78, 5) is 2.36. The van der Waals surface area contributed by atoms with Crippen LogP contribution in [-0.2, 0) is 7.05 Å². The maximum Gasteiger partial charge on any atom is 0.173 e. The molecule has 3 heterocycles. The molecule has 6 nitrogen and oxygen atoms in total. The molecule has 6 heteroatoms. The molecule has 1 atom stereocenters. The first kappa shape index (κ1) is 18.5. The van der Waals surface area contributed by atoms with Crippen molar-refractivity contribution in [3.05, 3.63) is 41.1 Å². The van der Waals surface area contributed by atoms with Crippen LogP contribution in [0, 0.1) is 25.2 Å². The number of piperidine rings is 1. The average Bonchev–Trinajstić information content (AvgIpc) is 3.05. The van der Waals surface area contributed by atoms with Crippen LogP contribution in [-0.4, -0.2) is 45.8 Å². The van der Waals surface area contributed by atoms with E-state index in [4.69, 9.17) is 0 Å². The zero-order valence-corrected chi connectivity index (χ0v) is 17.0. The molecule has 1 aromatic carbocycles. The Morgan fingerprint density at radius 3 is 2.61 bits per heavy atom. The van der Waals surface area contributed by atoms with E-state index in [1.807, 2.05) is 33.0 Å². The van der Waals surface area contributed by atoms with Gasteiger partial charge in [0.25, 0.3) is 0 Å². The van der Waals surface area contributed by atoms with Crippen molar-refractivity contribution in [2.45, 2.75) is 32.7 Å². The molecular weight excluding hydrogens is 348 g/mol. The van der Waals surface area contributed by atoms with Crippen molar-refractivity contribution in [3.8, 4) is 17.3 Å². The number of likely N-dealkylation sites (N-methyl/N-ethyl adjacent to an activating group) is 1. The Balaban J connectivity index is 1.80. The van der Waals surface area contributed by atoms with Gasteiger partial charge in [0.05, 0.1) is 17.1 Å². The van der Waals surface area contributed by atoms with Crippen molar-refractivity contribution < 1.29 is 0 Å². The van der Waals surface area contributed by atoms with Gasteiger partial charge in [0, 0.05) is 36.8 Å². The van der Waals surface area contributed by atoms with Crippen molar-refractivity contribution in [3.63, 3.8) is 0 Å². The van der Waals surface area contributed by atoms with Crippen LogP contribution in [0.25, 0.3) is 22.2 Å². The number of aryl methyl sites for hydroxylation is 3. The summed E-state index contributed by atoms with van der Waals surface area (Å²) in [5, 5.41) is 23.2. The number of nitrogens with one attached hydrogen (secondary N) is 1. The van der Waals surface area contributed by atoms with Gasteiger partial charge in [0.2, 0.25) is 0 Å². The van der Waals surface area contributed by atoms with Crippen molar-refractivity contribution in [1.29, 1.82) is 5.26 Å². The Morgan fingerprint density at radius 2 is 1.93 bits per heavy atom. The number of anilines is 1. The summed E-state index contributed by atoms with van der Waals surface area (Å²) >= 11 is 0. The minimum Gasteiger partial charge on any atom is -0.363 e. The van der Waals surface area contributed by atoms with Gasteiger partial charge in [-0.05, 0) is 69.6 Å². The molecule has 0 unspecified atom stereocenters. The van der Waals surface area contributed by atoms with E-state index < -0.39 is 0 Å². The number of fused-ring (bicyclic) bond motifs is 1. The third-order valence-corrected chi connectivity index (χ3v) is 5.67. The van der Waals surface area contributed by atoms with Crippen molar-refractivity contribution >= 4 is 16.7 Å². The summed E-state index contributed by atoms with van der Waals surface area (Å²) in [6.07, 6.45) is 4.40. The van der Waals surface area contributed by atoms with Crippen LogP contribution in [0.2, 0.25) is 0 Å². The smallest absolute Gasteiger partial charge is 0.173 e. The Kier molecular flexibility index (Phi) is 4.78. The first-order chi connectivity index (χ1) is 13.5. The summed E-state index contributed by atoms with van der Waals surface area (Å²) in [5.41, 5.74) is 5.78. The number of nitrogens with zero attached hydrogens (tertiary/aromatic N) is 5. The molecule has 1 aliphatic heterocycles. The quantitative estimate of drug-likeness (QED) is 0.758. The van der Waals surface area contributed by atoms with Crippen LogP contribution in [0.5, 0.6) is 0 Å². The summed E-state index contributed by atoms with van der Waals surface area (Å²) in [6, 6.07) is 8.56. The molecular formula is C22H26N6. The van der Waals surface area contributed by atoms with E-state index >= 15 is 0 Å². The van der Waals surface area contributed by atoms with Gasteiger partial charge in [-0.25, -0.2) is 0 Å². The van der Waals surface area contributed by atoms with E-state index in [0.717, 1.165) is 58.6 Å². The fraction of sp³-hybridized carbons (Fsp3) is 0.409. The molecule has 0 bridgehead atoms. The topological polar surface area (TPSA) is 69.8 Å². The Morgan fingerprint density at radius 1 is 1.18 bits per heavy atom. The molecule has 0 amide bonds. The molecule has 144 valence electrons. The number of benzene rings is 1. The Labute approximate surface area is 165 Å². The van der Waals surface area contributed by atoms with E-state index in [0.29, 0.717) is 11.6 Å². The number of likely N-dealkylation sites (tertiary alicyclic amines) is 1. The molecule has 1 aliphatic rings. The fourth-order valence-electron chi connectivity index (χ4n) is 4.38. The van der Waals surface area contributed by atoms with Gasteiger partial charge in [0.1, 0.15) is 5.69 Å². The van der Waals surface area contributed by atoms with Gasteiger partial charge in [0.15, 0.2) is 5.82 Å². The van der Waals surface area contributed by atoms with Crippen LogP contribution in [0.1, 0.15) is 29.5 Å². The van der Waals surface area contributed by atoms with E-state index in [1.54, 1.807) is 0 Å². The Hall–Kier alpha value is -2.91. The first-order valence-electron chi connectivity index (χ1n) is 9.76. The minimum absolute atomic E-state index is 0.385. The van der Waals surface area contributed by atoms with E-state index in [1.165, 1.54) is 6.42 Å². The highest BCUT2D eigenvalue weighted by atomic mass is 15.2. The molecule has 4 rings (SSSR count). The molecule has 0 spiro atoms. The van der Waals surface area contributed by atoms with E-state index in [-0.39, 0.29) is 0 Å². The molecule has 1 saturated heterocycles. The molecule has 1 N–H and O–H groups in total. The van der Waals surface area contributed by atoms with Crippen molar-refractivity contribution in [2.24, 2.45) is 7.05 Å². The number of nitriles is 1. The standard InChI is InChI=1S/C22H26N6/c1-14-10-16(12-23)11-15(2)19(14)20-18-7-9-28(4)21(18)22(26-25-20)24-17-6-5-8-27(3)13-17/h7,9-11,17H,5-6,8,13H2,1-4H3,(H,24,26)/t17-/m1/s1. The molecule has 3 aromatic rings. The summed E-state index contributed by atoms with van der Waals surface area (Å²) in [6.45, 7) is 6.23. The lowest BCUT2D eigenvalue weighted by Crippen LogP contribution is -2.40. The summed E-state index contributed by atoms with van der Waals surface area (Å²) in [7, 11) is 4.21. The second-order valence-corrected chi connectivity index (χ2v) is 7.93. The zero-order chi connectivity index (χ0) is 19.8. The van der Waals surface area contributed by atoms with Crippen LogP contribution in [0.3, 0.4) is 0 Å². The van der Waals surface area contributed by atoms with Gasteiger partial charge in [-0.1, -0.05) is 0 Å². The van der Waals surface area contributed by atoms with Gasteiger partial charge >= 0.3 is 0 Å². The number of rotatable bonds is 3. The lowest BCUT2D eigenvalue weighted by Gasteiger charge is -2.30. The second-order valence-electron chi connectivity index (χ2n) is 7.93. The number of hydrogen-bond acceptors (Lipinski definition) is 5. The highest BCUT2D eigenvalue weighted by molar-refractivity contribution is 5.99. The molecule has 0 radical (unpaired) electrons. The fourth-order valence-corrected chi connectivity index (χ4v) is 4.38. The van der Waals surface area contributed by atoms with Crippen LogP contribution in [0.4, 0.5) is 5.82 Å². The maximum atomic E-state index is 9.24. The second kappa shape index (κ2) is 7.25. The lowest BCUT2D eigenvalue weighted by molar-refractivity contribution is 0.261. The third-order valence-electron chi connectivity index (χ3n) is 5.67. The zero-order valence-electron chi connectivity index (χ0n) is 17.0. The summed E-state index contributed by atoms with van der Waals surface area (Å²) in [5.74, 6) is 0.843. The average molecular weight is 374 g/mol. The SMILES string of the molecule is Cc1cc(C#N)cc(C)c1-c1nnc(N[C@@H]2CCCN(C)C2)c2c1ccn2C. The predicted octanol–water partition coefficient (Wildman–Crippen LogP) is 3.63. The predicted molar refractivity (Wildman–Crippen MR) is 112 cm³/mol. The normalized spacial score (nSPS) is 17.6. The Bertz CT molecular complexity index is 1050. The van der Waals surface area contributed by atoms with Gasteiger partial charge in [-0.2, -0.15) is 5.26 Å². The molecule has 2 aromatic heterocycles. The first-order valence-corrected chi connectivity index (χ1v) is 9.76. The van der Waals surface area contributed by atoms with Crippen molar-refractivity contribution in [2.75, 3.05) is 25.5 Å². The van der Waals surface area contributed by atoms with Crippen LogP contribution < -0.4 is 5.32 Å². The van der Waals surface area contributed by atoms with Crippen LogP contribution in [0.15, 0.2) is 24.4 Å². The molecule has 1 fully saturated rings. The monoisotopic (exact) mass is 374 g/mol. The van der Waals surface area contributed by atoms with Gasteiger partial charge in [-0.15, -0.1) is 10.2 Å². The van der Waals surface area contributed by atoms with E-state index in [9.17, 15) is 5.26 Å². The van der Waals surface area contributed by atoms with Gasteiger partial charge in [-0.3, -0.25) is 0 Å². The lowest BCUT2D eigenvalue weighted by atomic mass is 9.95. The minimum atomic E-state index is 0.385. The van der Waals surface area contributed by atoms with Crippen LogP contribution >= 0.6 is 0 Å². The molecule has 28 heavy (non-hydrogen) atoms. The van der Waals surface area contributed by atoms with E-state index in [2.05, 4.69) is 50.4 Å². The number of aromatic nitrogens is 3. The molecule has 0 aliphatic carbocycles. The highest BCUT2D eigenvalue weighted by Crippen LogP contribution is 2.35.